The molecule has 12 heavy (non-hydrogen) atoms. The average molecular weight is 165 g/mol. The topological polar surface area (TPSA) is 0 Å². The number of unbranched alkanes of at least 4 members (excludes halogenated alkanes) is 1. The molecular weight excluding hydrogens is 144 g/mol. The third-order valence-corrected chi connectivity index (χ3v) is 2.66. The molecule has 69 valence electrons. The zero-order chi connectivity index (χ0) is 8.65. The highest BCUT2D eigenvalue weighted by Crippen LogP contribution is 2.22. The van der Waals surface area contributed by atoms with E-state index in [-0.39, 0.29) is 0 Å². The first kappa shape index (κ1) is 9.83. The normalized spacial score (nSPS) is 27.6. The van der Waals surface area contributed by atoms with Crippen molar-refractivity contribution in [2.45, 2.75) is 51.9 Å². The maximum absolute atomic E-state index is 2.43. The molecule has 0 saturated carbocycles. The van der Waals surface area contributed by atoms with Crippen molar-refractivity contribution in [3.05, 3.63) is 18.6 Å². The summed E-state index contributed by atoms with van der Waals surface area (Å²) < 4.78 is 0. The van der Waals surface area contributed by atoms with E-state index >= 15 is 0 Å². The van der Waals surface area contributed by atoms with Crippen LogP contribution in [-0.2, 0) is 0 Å². The molecule has 0 N–H and O–H groups in total. The smallest absolute Gasteiger partial charge is 0.0322 e. The average Bonchev–Trinajstić information content (AvgIpc) is 2.02. The third-order valence-electron chi connectivity index (χ3n) is 2.66. The minimum atomic E-state index is 0.946. The molecule has 0 bridgehead atoms. The minimum absolute atomic E-state index is 0.946. The van der Waals surface area contributed by atoms with E-state index in [9.17, 15) is 0 Å². The van der Waals surface area contributed by atoms with Gasteiger partial charge in [0.15, 0.2) is 0 Å². The van der Waals surface area contributed by atoms with Crippen molar-refractivity contribution in [2.75, 3.05) is 0 Å². The Morgan fingerprint density at radius 3 is 3.08 bits per heavy atom. The molecule has 0 aliphatic heterocycles. The van der Waals surface area contributed by atoms with Gasteiger partial charge in [-0.25, -0.2) is 0 Å². The first-order valence-corrected chi connectivity index (χ1v) is 5.40. The Morgan fingerprint density at radius 1 is 1.33 bits per heavy atom. The first-order valence-electron chi connectivity index (χ1n) is 5.40. The summed E-state index contributed by atoms with van der Waals surface area (Å²) >= 11 is 0. The summed E-state index contributed by atoms with van der Waals surface area (Å²) in [5, 5.41) is 0. The van der Waals surface area contributed by atoms with Gasteiger partial charge >= 0.3 is 0 Å². The number of allylic oxidation sites excluding steroid dienone is 2. The highest BCUT2D eigenvalue weighted by atomic mass is 14.1. The van der Waals surface area contributed by atoms with Gasteiger partial charge in [0.2, 0.25) is 0 Å². The van der Waals surface area contributed by atoms with E-state index in [1.54, 1.807) is 0 Å². The Bertz CT molecular complexity index is 124. The fourth-order valence-electron chi connectivity index (χ4n) is 1.84. The molecule has 0 heterocycles. The van der Waals surface area contributed by atoms with Crippen LogP contribution in [0.3, 0.4) is 0 Å². The quantitative estimate of drug-likeness (QED) is 0.552. The summed E-state index contributed by atoms with van der Waals surface area (Å²) in [4.78, 5) is 0. The Morgan fingerprint density at radius 2 is 2.25 bits per heavy atom. The van der Waals surface area contributed by atoms with Crippen LogP contribution in [0.4, 0.5) is 0 Å². The van der Waals surface area contributed by atoms with Crippen molar-refractivity contribution in [2.24, 2.45) is 5.92 Å². The molecule has 1 aliphatic rings. The summed E-state index contributed by atoms with van der Waals surface area (Å²) in [6.45, 7) is 2.23. The van der Waals surface area contributed by atoms with E-state index in [4.69, 9.17) is 0 Å². The van der Waals surface area contributed by atoms with E-state index in [2.05, 4.69) is 25.5 Å². The Kier molecular flexibility index (Phi) is 5.14. The van der Waals surface area contributed by atoms with Gasteiger partial charge in [0, 0.05) is 0 Å². The van der Waals surface area contributed by atoms with Gasteiger partial charge in [0.05, 0.1) is 0 Å². The van der Waals surface area contributed by atoms with Crippen molar-refractivity contribution >= 4 is 0 Å². The van der Waals surface area contributed by atoms with Crippen molar-refractivity contribution in [1.82, 2.24) is 0 Å². The summed E-state index contributed by atoms with van der Waals surface area (Å²) in [7, 11) is 0. The van der Waals surface area contributed by atoms with E-state index < -0.39 is 0 Å². The van der Waals surface area contributed by atoms with Gasteiger partial charge in [-0.05, 0) is 38.0 Å². The van der Waals surface area contributed by atoms with E-state index in [0.717, 1.165) is 5.92 Å². The van der Waals surface area contributed by atoms with E-state index in [0.29, 0.717) is 0 Å². The predicted molar refractivity (Wildman–Crippen MR) is 54.9 cm³/mol. The zero-order valence-corrected chi connectivity index (χ0v) is 8.26. The minimum Gasteiger partial charge on any atom is -0.0885 e. The highest BCUT2D eigenvalue weighted by molar-refractivity contribution is 4.87. The van der Waals surface area contributed by atoms with Crippen molar-refractivity contribution in [3.63, 3.8) is 0 Å². The lowest BCUT2D eigenvalue weighted by Crippen LogP contribution is -2.01. The highest BCUT2D eigenvalue weighted by Gasteiger charge is 2.07. The Hall–Kier alpha value is -0.260. The second-order valence-electron chi connectivity index (χ2n) is 3.79. The number of hydrogen-bond acceptors (Lipinski definition) is 0. The molecule has 1 rings (SSSR count). The maximum atomic E-state index is 2.43. The fourth-order valence-corrected chi connectivity index (χ4v) is 1.84. The lowest BCUT2D eigenvalue weighted by atomic mass is 9.90. The molecule has 0 spiro atoms. The predicted octanol–water partition coefficient (Wildman–Crippen LogP) is 4.13. The molecule has 0 heteroatoms. The molecule has 0 amide bonds. The lowest BCUT2D eigenvalue weighted by molar-refractivity contribution is 0.448. The van der Waals surface area contributed by atoms with Gasteiger partial charge in [-0.1, -0.05) is 38.3 Å². The second kappa shape index (κ2) is 6.28. The second-order valence-corrected chi connectivity index (χ2v) is 3.79. The van der Waals surface area contributed by atoms with Gasteiger partial charge in [-0.3, -0.25) is 0 Å². The van der Waals surface area contributed by atoms with Crippen LogP contribution in [0, 0.1) is 12.3 Å². The van der Waals surface area contributed by atoms with Crippen molar-refractivity contribution in [1.29, 1.82) is 0 Å². The van der Waals surface area contributed by atoms with Crippen LogP contribution in [0.1, 0.15) is 51.9 Å². The van der Waals surface area contributed by atoms with Gasteiger partial charge in [0.25, 0.3) is 0 Å². The molecule has 0 aromatic heterocycles. The molecule has 0 aromatic rings. The molecule has 1 aliphatic carbocycles. The van der Waals surface area contributed by atoms with Crippen LogP contribution in [0.2, 0.25) is 0 Å². The van der Waals surface area contributed by atoms with E-state index in [1.807, 2.05) is 0 Å². The maximum Gasteiger partial charge on any atom is -0.0322 e. The summed E-state index contributed by atoms with van der Waals surface area (Å²) in [5.74, 6) is 0.946. The molecule has 0 saturated heterocycles. The SMILES string of the molecule is CC[CH]CC1C/C=C\CCCC1. The standard InChI is InChI=1S/C12H21/c1-2-3-9-12-10-7-5-4-6-8-11-12/h3,5,7,12H,2,4,6,8-11H2,1H3/b7-5-. The molecule has 1 unspecified atom stereocenters. The number of hydrogen-bond donors (Lipinski definition) is 0. The van der Waals surface area contributed by atoms with Crippen LogP contribution in [0.25, 0.3) is 0 Å². The molecular formula is C12H21. The summed E-state index contributed by atoms with van der Waals surface area (Å²) in [6, 6.07) is 0. The monoisotopic (exact) mass is 165 g/mol. The Labute approximate surface area is 77.1 Å². The fraction of sp³-hybridized carbons (Fsp3) is 0.750. The van der Waals surface area contributed by atoms with Crippen molar-refractivity contribution in [3.8, 4) is 0 Å². The van der Waals surface area contributed by atoms with Gasteiger partial charge in [-0.2, -0.15) is 0 Å². The molecule has 1 radical (unpaired) electrons. The van der Waals surface area contributed by atoms with Crippen LogP contribution in [0.5, 0.6) is 0 Å². The first-order chi connectivity index (χ1) is 5.93. The van der Waals surface area contributed by atoms with Gasteiger partial charge in [-0.15, -0.1) is 0 Å². The van der Waals surface area contributed by atoms with Gasteiger partial charge < -0.3 is 0 Å². The van der Waals surface area contributed by atoms with Crippen LogP contribution < -0.4 is 0 Å². The molecule has 0 fully saturated rings. The van der Waals surface area contributed by atoms with Gasteiger partial charge in [0.1, 0.15) is 0 Å². The third kappa shape index (κ3) is 3.94. The van der Waals surface area contributed by atoms with Crippen LogP contribution in [-0.4, -0.2) is 0 Å². The largest absolute Gasteiger partial charge is 0.0885 e. The molecule has 0 aromatic carbocycles. The number of rotatable bonds is 3. The van der Waals surface area contributed by atoms with Crippen LogP contribution >= 0.6 is 0 Å². The summed E-state index contributed by atoms with van der Waals surface area (Å²) in [5.41, 5.74) is 0. The zero-order valence-electron chi connectivity index (χ0n) is 8.26. The summed E-state index contributed by atoms with van der Waals surface area (Å²) in [6.07, 6.45) is 16.7. The molecule has 0 nitrogen and oxygen atoms in total. The van der Waals surface area contributed by atoms with Crippen LogP contribution in [0.15, 0.2) is 12.2 Å². The molecule has 1 atom stereocenters. The lowest BCUT2D eigenvalue weighted by Gasteiger charge is -2.15. The van der Waals surface area contributed by atoms with Crippen molar-refractivity contribution < 1.29 is 0 Å². The Balaban J connectivity index is 2.20. The van der Waals surface area contributed by atoms with E-state index in [1.165, 1.54) is 44.9 Å².